The molecule has 0 saturated carbocycles. The highest BCUT2D eigenvalue weighted by Gasteiger charge is 2.28. The molecule has 2 aliphatic heterocycles. The zero-order valence-corrected chi connectivity index (χ0v) is 12.3. The molecule has 0 N–H and O–H groups in total. The van der Waals surface area contributed by atoms with Crippen LogP contribution < -0.4 is 0 Å². The number of likely N-dealkylation sites (tertiary alicyclic amines) is 2. The van der Waals surface area contributed by atoms with E-state index in [9.17, 15) is 4.79 Å². The molecule has 98 valence electrons. The number of hydrogen-bond donors (Lipinski definition) is 0. The fraction of sp³-hybridized carbons (Fsp3) is 0.923. The van der Waals surface area contributed by atoms with E-state index in [0.29, 0.717) is 17.2 Å². The summed E-state index contributed by atoms with van der Waals surface area (Å²) in [5.41, 5.74) is 0. The zero-order valence-electron chi connectivity index (χ0n) is 10.7. The Morgan fingerprint density at radius 1 is 1.35 bits per heavy atom. The van der Waals surface area contributed by atoms with Gasteiger partial charge in [0, 0.05) is 36.9 Å². The molecule has 0 aliphatic carbocycles. The van der Waals surface area contributed by atoms with Gasteiger partial charge in [-0.25, -0.2) is 0 Å². The number of rotatable bonds is 4. The summed E-state index contributed by atoms with van der Waals surface area (Å²) in [7, 11) is 0. The minimum Gasteiger partial charge on any atom is -0.340 e. The Balaban J connectivity index is 1.78. The monoisotopic (exact) mass is 302 g/mol. The Kier molecular flexibility index (Phi) is 4.86. The summed E-state index contributed by atoms with van der Waals surface area (Å²) in [6, 6.07) is 0.751. The fourth-order valence-electron chi connectivity index (χ4n) is 3.01. The van der Waals surface area contributed by atoms with Crippen LogP contribution in [-0.2, 0) is 4.79 Å². The Morgan fingerprint density at radius 2 is 2.18 bits per heavy atom. The molecule has 1 amide bonds. The van der Waals surface area contributed by atoms with Gasteiger partial charge in [-0.3, -0.25) is 9.69 Å². The van der Waals surface area contributed by atoms with Crippen molar-refractivity contribution in [2.24, 2.45) is 0 Å². The minimum absolute atomic E-state index is 0.317. The molecule has 2 saturated heterocycles. The lowest BCUT2D eigenvalue weighted by molar-refractivity contribution is -0.127. The summed E-state index contributed by atoms with van der Waals surface area (Å²) in [6.07, 6.45) is 5.96. The third kappa shape index (κ3) is 3.44. The van der Waals surface area contributed by atoms with Crippen LogP contribution in [0.15, 0.2) is 0 Å². The van der Waals surface area contributed by atoms with E-state index >= 15 is 0 Å². The molecule has 2 atom stereocenters. The maximum atomic E-state index is 11.7. The lowest BCUT2D eigenvalue weighted by Crippen LogP contribution is -2.44. The van der Waals surface area contributed by atoms with Gasteiger partial charge in [0.2, 0.25) is 5.91 Å². The van der Waals surface area contributed by atoms with E-state index in [1.807, 2.05) is 4.90 Å². The van der Waals surface area contributed by atoms with Crippen LogP contribution in [0.1, 0.15) is 39.0 Å². The highest BCUT2D eigenvalue weighted by Crippen LogP contribution is 2.21. The van der Waals surface area contributed by atoms with E-state index in [-0.39, 0.29) is 0 Å². The highest BCUT2D eigenvalue weighted by molar-refractivity contribution is 9.09. The number of carbonyl (C=O) groups is 1. The van der Waals surface area contributed by atoms with Crippen molar-refractivity contribution in [3.8, 4) is 0 Å². The van der Waals surface area contributed by atoms with E-state index in [0.717, 1.165) is 25.7 Å². The molecule has 2 heterocycles. The summed E-state index contributed by atoms with van der Waals surface area (Å²) < 4.78 is 0. The second-order valence-corrected chi connectivity index (χ2v) is 6.53. The third-order valence-corrected chi connectivity index (χ3v) is 4.66. The lowest BCUT2D eigenvalue weighted by atomic mass is 10.0. The molecule has 0 radical (unpaired) electrons. The predicted molar refractivity (Wildman–Crippen MR) is 73.4 cm³/mol. The van der Waals surface area contributed by atoms with Gasteiger partial charge in [-0.05, 0) is 25.8 Å². The summed E-state index contributed by atoms with van der Waals surface area (Å²) >= 11 is 3.53. The number of halogens is 1. The van der Waals surface area contributed by atoms with Crippen molar-refractivity contribution in [3.05, 3.63) is 0 Å². The fourth-order valence-corrected chi connectivity index (χ4v) is 3.63. The van der Waals surface area contributed by atoms with E-state index in [1.54, 1.807) is 0 Å². The standard InChI is InChI=1S/C13H23BrN2O/c1-2-12-5-3-4-6-15(12)7-8-16-10-11(14)9-13(16)17/h11-12H,2-10H2,1H3. The van der Waals surface area contributed by atoms with Crippen LogP contribution in [0.3, 0.4) is 0 Å². The Morgan fingerprint density at radius 3 is 2.82 bits per heavy atom. The SMILES string of the molecule is CCC1CCCCN1CCN1CC(Br)CC1=O. The molecule has 0 aromatic rings. The van der Waals surface area contributed by atoms with Gasteiger partial charge in [-0.1, -0.05) is 29.3 Å². The van der Waals surface area contributed by atoms with Gasteiger partial charge < -0.3 is 4.90 Å². The van der Waals surface area contributed by atoms with Crippen LogP contribution in [0.25, 0.3) is 0 Å². The van der Waals surface area contributed by atoms with Crippen molar-refractivity contribution in [1.82, 2.24) is 9.80 Å². The molecule has 0 aromatic carbocycles. The van der Waals surface area contributed by atoms with Crippen molar-refractivity contribution >= 4 is 21.8 Å². The van der Waals surface area contributed by atoms with Crippen molar-refractivity contribution in [2.75, 3.05) is 26.2 Å². The summed E-state index contributed by atoms with van der Waals surface area (Å²) in [4.78, 5) is 16.7. The molecule has 2 fully saturated rings. The zero-order chi connectivity index (χ0) is 12.3. The summed E-state index contributed by atoms with van der Waals surface area (Å²) in [5, 5.41) is 0. The van der Waals surface area contributed by atoms with Crippen LogP contribution in [0.4, 0.5) is 0 Å². The molecule has 3 nitrogen and oxygen atoms in total. The van der Waals surface area contributed by atoms with Crippen LogP contribution in [0.5, 0.6) is 0 Å². The third-order valence-electron chi connectivity index (χ3n) is 4.04. The molecule has 2 unspecified atom stereocenters. The molecule has 0 aromatic heterocycles. The largest absolute Gasteiger partial charge is 0.340 e. The van der Waals surface area contributed by atoms with Crippen molar-refractivity contribution in [1.29, 1.82) is 0 Å². The normalized spacial score (nSPS) is 31.2. The van der Waals surface area contributed by atoms with Crippen LogP contribution >= 0.6 is 15.9 Å². The van der Waals surface area contributed by atoms with Crippen LogP contribution in [-0.4, -0.2) is 52.8 Å². The summed E-state index contributed by atoms with van der Waals surface area (Å²) in [6.45, 7) is 6.36. The van der Waals surface area contributed by atoms with E-state index in [2.05, 4.69) is 27.8 Å². The quantitative estimate of drug-likeness (QED) is 0.744. The number of hydrogen-bond acceptors (Lipinski definition) is 2. The van der Waals surface area contributed by atoms with E-state index in [1.165, 1.54) is 32.2 Å². The van der Waals surface area contributed by atoms with Gasteiger partial charge in [0.1, 0.15) is 0 Å². The molecule has 0 spiro atoms. The number of alkyl halides is 1. The molecule has 4 heteroatoms. The highest BCUT2D eigenvalue weighted by atomic mass is 79.9. The maximum absolute atomic E-state index is 11.7. The molecule has 17 heavy (non-hydrogen) atoms. The van der Waals surface area contributed by atoms with Crippen molar-refractivity contribution < 1.29 is 4.79 Å². The Hall–Kier alpha value is -0.0900. The molecular weight excluding hydrogens is 280 g/mol. The first-order chi connectivity index (χ1) is 8.20. The van der Waals surface area contributed by atoms with Crippen molar-refractivity contribution in [3.63, 3.8) is 0 Å². The van der Waals surface area contributed by atoms with Gasteiger partial charge in [-0.2, -0.15) is 0 Å². The molecule has 0 bridgehead atoms. The van der Waals surface area contributed by atoms with Gasteiger partial charge in [0.25, 0.3) is 0 Å². The average molecular weight is 303 g/mol. The average Bonchev–Trinajstić information content (AvgIpc) is 2.65. The number of nitrogens with zero attached hydrogens (tertiary/aromatic N) is 2. The first kappa shape index (κ1) is 13.3. The first-order valence-electron chi connectivity index (χ1n) is 6.86. The minimum atomic E-state index is 0.317. The van der Waals surface area contributed by atoms with Gasteiger partial charge in [0.15, 0.2) is 0 Å². The molecule has 2 rings (SSSR count). The lowest BCUT2D eigenvalue weighted by Gasteiger charge is -2.36. The molecular formula is C13H23BrN2O. The first-order valence-corrected chi connectivity index (χ1v) is 7.78. The van der Waals surface area contributed by atoms with Gasteiger partial charge >= 0.3 is 0 Å². The molecule has 2 aliphatic rings. The van der Waals surface area contributed by atoms with E-state index < -0.39 is 0 Å². The van der Waals surface area contributed by atoms with Crippen molar-refractivity contribution in [2.45, 2.75) is 49.9 Å². The second kappa shape index (κ2) is 6.19. The summed E-state index contributed by atoms with van der Waals surface area (Å²) in [5.74, 6) is 0.317. The van der Waals surface area contributed by atoms with Gasteiger partial charge in [-0.15, -0.1) is 0 Å². The number of carbonyl (C=O) groups excluding carboxylic acids is 1. The second-order valence-electron chi connectivity index (χ2n) is 5.23. The van der Waals surface area contributed by atoms with Crippen LogP contribution in [0, 0.1) is 0 Å². The number of amides is 1. The Bertz CT molecular complexity index is 272. The Labute approximate surface area is 113 Å². The predicted octanol–water partition coefficient (Wildman–Crippen LogP) is 2.25. The maximum Gasteiger partial charge on any atom is 0.223 e. The smallest absolute Gasteiger partial charge is 0.223 e. The van der Waals surface area contributed by atoms with Gasteiger partial charge in [0.05, 0.1) is 0 Å². The van der Waals surface area contributed by atoms with Crippen LogP contribution in [0.2, 0.25) is 0 Å². The number of piperidine rings is 1. The van der Waals surface area contributed by atoms with E-state index in [4.69, 9.17) is 0 Å². The topological polar surface area (TPSA) is 23.6 Å².